The van der Waals surface area contributed by atoms with Crippen molar-refractivity contribution in [3.8, 4) is 5.75 Å². The summed E-state index contributed by atoms with van der Waals surface area (Å²) in [6.45, 7) is 4.18. The lowest BCUT2D eigenvalue weighted by atomic mass is 10.1. The Morgan fingerprint density at radius 1 is 1.25 bits per heavy atom. The molecule has 5 heteroatoms. The van der Waals surface area contributed by atoms with E-state index in [1.807, 2.05) is 32.0 Å². The standard InChI is InChI=1S/C11H17O4P/c1-9-5-3-6-10(2)11(9)15-16(13)14-8-4-7-12/h3,5-6,12-13H,4,7-8H2,1-2H3. The molecule has 1 atom stereocenters. The highest BCUT2D eigenvalue weighted by Crippen LogP contribution is 2.38. The third-order valence-electron chi connectivity index (χ3n) is 2.08. The summed E-state index contributed by atoms with van der Waals surface area (Å²) >= 11 is 0. The Hall–Kier alpha value is -0.670. The SMILES string of the molecule is Cc1cccc(C)c1OP(O)OCCCO. The molecule has 0 bridgehead atoms. The summed E-state index contributed by atoms with van der Waals surface area (Å²) in [5.74, 6) is 0.667. The molecule has 4 nitrogen and oxygen atoms in total. The summed E-state index contributed by atoms with van der Waals surface area (Å²) in [6, 6.07) is 5.77. The number of aliphatic hydroxyl groups excluding tert-OH is 1. The Morgan fingerprint density at radius 2 is 1.88 bits per heavy atom. The van der Waals surface area contributed by atoms with Crippen molar-refractivity contribution >= 4 is 8.60 Å². The summed E-state index contributed by atoms with van der Waals surface area (Å²) in [7, 11) is -1.91. The zero-order chi connectivity index (χ0) is 12.0. The van der Waals surface area contributed by atoms with E-state index >= 15 is 0 Å². The smallest absolute Gasteiger partial charge is 0.394 e. The van der Waals surface area contributed by atoms with Crippen LogP contribution in [0.15, 0.2) is 18.2 Å². The van der Waals surface area contributed by atoms with Gasteiger partial charge in [-0.1, -0.05) is 18.2 Å². The van der Waals surface area contributed by atoms with Crippen molar-refractivity contribution in [1.29, 1.82) is 0 Å². The number of hydrogen-bond acceptors (Lipinski definition) is 4. The first-order valence-corrected chi connectivity index (χ1v) is 6.25. The average Bonchev–Trinajstić information content (AvgIpc) is 2.24. The average molecular weight is 244 g/mol. The fourth-order valence-corrected chi connectivity index (χ4v) is 2.04. The van der Waals surface area contributed by atoms with Gasteiger partial charge in [-0.15, -0.1) is 0 Å². The van der Waals surface area contributed by atoms with Crippen LogP contribution in [0.5, 0.6) is 5.75 Å². The molecule has 0 amide bonds. The van der Waals surface area contributed by atoms with Gasteiger partial charge in [0.05, 0.1) is 6.61 Å². The van der Waals surface area contributed by atoms with Gasteiger partial charge in [0.2, 0.25) is 0 Å². The fraction of sp³-hybridized carbons (Fsp3) is 0.455. The van der Waals surface area contributed by atoms with Gasteiger partial charge in [-0.2, -0.15) is 0 Å². The molecule has 1 unspecified atom stereocenters. The largest absolute Gasteiger partial charge is 0.426 e. The van der Waals surface area contributed by atoms with E-state index in [1.54, 1.807) is 0 Å². The van der Waals surface area contributed by atoms with Gasteiger partial charge in [-0.25, -0.2) is 0 Å². The Morgan fingerprint density at radius 3 is 2.44 bits per heavy atom. The monoisotopic (exact) mass is 244 g/mol. The van der Waals surface area contributed by atoms with Crippen molar-refractivity contribution in [1.82, 2.24) is 0 Å². The maximum absolute atomic E-state index is 9.52. The van der Waals surface area contributed by atoms with Crippen LogP contribution in [-0.2, 0) is 4.52 Å². The first kappa shape index (κ1) is 13.4. The molecule has 2 N–H and O–H groups in total. The third kappa shape index (κ3) is 4.06. The molecule has 0 saturated carbocycles. The molecule has 1 aromatic rings. The van der Waals surface area contributed by atoms with Crippen molar-refractivity contribution < 1.29 is 19.0 Å². The van der Waals surface area contributed by atoms with Crippen molar-refractivity contribution in [3.63, 3.8) is 0 Å². The highest BCUT2D eigenvalue weighted by molar-refractivity contribution is 7.41. The van der Waals surface area contributed by atoms with Gasteiger partial charge in [-0.3, -0.25) is 0 Å². The van der Waals surface area contributed by atoms with Gasteiger partial charge in [0.15, 0.2) is 0 Å². The van der Waals surface area contributed by atoms with Crippen molar-refractivity contribution in [3.05, 3.63) is 29.3 Å². The van der Waals surface area contributed by atoms with Crippen LogP contribution in [-0.4, -0.2) is 23.2 Å². The van der Waals surface area contributed by atoms with Crippen molar-refractivity contribution in [2.24, 2.45) is 0 Å². The van der Waals surface area contributed by atoms with Gasteiger partial charge in [0.1, 0.15) is 5.75 Å². The number of para-hydroxylation sites is 1. The third-order valence-corrected chi connectivity index (χ3v) is 2.82. The molecule has 0 aliphatic heterocycles. The second-order valence-corrected chi connectivity index (χ2v) is 4.38. The predicted octanol–water partition coefficient (Wildman–Crippen LogP) is 2.30. The van der Waals surface area contributed by atoms with Crippen molar-refractivity contribution in [2.45, 2.75) is 20.3 Å². The predicted molar refractivity (Wildman–Crippen MR) is 63.3 cm³/mol. The van der Waals surface area contributed by atoms with Gasteiger partial charge in [0, 0.05) is 6.61 Å². The van der Waals surface area contributed by atoms with Crippen LogP contribution in [0.4, 0.5) is 0 Å². The molecule has 0 aromatic heterocycles. The van der Waals surface area contributed by atoms with E-state index in [0.29, 0.717) is 18.8 Å². The summed E-state index contributed by atoms with van der Waals surface area (Å²) in [5.41, 5.74) is 1.93. The zero-order valence-corrected chi connectivity index (χ0v) is 10.4. The number of aryl methyl sites for hydroxylation is 2. The number of benzene rings is 1. The topological polar surface area (TPSA) is 58.9 Å². The quantitative estimate of drug-likeness (QED) is 0.595. The number of hydrogen-bond donors (Lipinski definition) is 2. The summed E-state index contributed by atoms with van der Waals surface area (Å²) in [6.07, 6.45) is 0.496. The minimum atomic E-state index is -1.91. The molecule has 0 saturated heterocycles. The van der Waals surface area contributed by atoms with Gasteiger partial charge in [-0.05, 0) is 31.4 Å². The van der Waals surface area contributed by atoms with Crippen molar-refractivity contribution in [2.75, 3.05) is 13.2 Å². The minimum absolute atomic E-state index is 0.0482. The highest BCUT2D eigenvalue weighted by atomic mass is 31.2. The van der Waals surface area contributed by atoms with E-state index in [0.717, 1.165) is 11.1 Å². The summed E-state index contributed by atoms with van der Waals surface area (Å²) in [4.78, 5) is 9.52. The first-order chi connectivity index (χ1) is 7.65. The fourth-order valence-electron chi connectivity index (χ4n) is 1.25. The van der Waals surface area contributed by atoms with E-state index in [-0.39, 0.29) is 6.61 Å². The minimum Gasteiger partial charge on any atom is -0.426 e. The second kappa shape index (κ2) is 6.81. The molecule has 1 aromatic carbocycles. The molecule has 0 spiro atoms. The van der Waals surface area contributed by atoms with Crippen LogP contribution in [0.2, 0.25) is 0 Å². The zero-order valence-electron chi connectivity index (χ0n) is 9.51. The second-order valence-electron chi connectivity index (χ2n) is 3.46. The van der Waals surface area contributed by atoms with Gasteiger partial charge in [0.25, 0.3) is 0 Å². The Bertz CT molecular complexity index is 310. The number of rotatable bonds is 6. The molecule has 0 radical (unpaired) electrons. The normalized spacial score (nSPS) is 12.5. The molecule has 0 heterocycles. The molecule has 0 aliphatic carbocycles. The van der Waals surface area contributed by atoms with Crippen LogP contribution in [0.3, 0.4) is 0 Å². The van der Waals surface area contributed by atoms with Crippen LogP contribution in [0.1, 0.15) is 17.5 Å². The first-order valence-electron chi connectivity index (χ1n) is 5.12. The Kier molecular flexibility index (Phi) is 5.71. The molecular weight excluding hydrogens is 227 g/mol. The molecule has 0 fully saturated rings. The van der Waals surface area contributed by atoms with E-state index in [1.165, 1.54) is 0 Å². The molecule has 16 heavy (non-hydrogen) atoms. The lowest BCUT2D eigenvalue weighted by molar-refractivity contribution is 0.214. The maximum atomic E-state index is 9.52. The van der Waals surface area contributed by atoms with Gasteiger partial charge < -0.3 is 19.0 Å². The van der Waals surface area contributed by atoms with Crippen LogP contribution >= 0.6 is 8.60 Å². The highest BCUT2D eigenvalue weighted by Gasteiger charge is 2.12. The maximum Gasteiger partial charge on any atom is 0.394 e. The van der Waals surface area contributed by atoms with E-state index < -0.39 is 8.60 Å². The van der Waals surface area contributed by atoms with E-state index in [4.69, 9.17) is 14.2 Å². The lowest BCUT2D eigenvalue weighted by Gasteiger charge is -2.14. The molecule has 0 aliphatic rings. The van der Waals surface area contributed by atoms with Crippen LogP contribution in [0, 0.1) is 13.8 Å². The van der Waals surface area contributed by atoms with Crippen LogP contribution < -0.4 is 4.52 Å². The summed E-state index contributed by atoms with van der Waals surface area (Å²) in [5, 5.41) is 8.56. The molecular formula is C11H17O4P. The van der Waals surface area contributed by atoms with Gasteiger partial charge >= 0.3 is 8.60 Å². The number of aliphatic hydroxyl groups is 1. The van der Waals surface area contributed by atoms with E-state index in [2.05, 4.69) is 0 Å². The Balaban J connectivity index is 2.52. The Labute approximate surface area is 96.8 Å². The summed E-state index contributed by atoms with van der Waals surface area (Å²) < 4.78 is 10.4. The molecule has 90 valence electrons. The van der Waals surface area contributed by atoms with Crippen LogP contribution in [0.25, 0.3) is 0 Å². The molecule has 1 rings (SSSR count). The lowest BCUT2D eigenvalue weighted by Crippen LogP contribution is -1.98. The van der Waals surface area contributed by atoms with E-state index in [9.17, 15) is 4.89 Å².